The highest BCUT2D eigenvalue weighted by molar-refractivity contribution is 6.30. The van der Waals surface area contributed by atoms with Gasteiger partial charge >= 0.3 is 6.18 Å². The summed E-state index contributed by atoms with van der Waals surface area (Å²) in [4.78, 5) is 12.7. The third-order valence-corrected chi connectivity index (χ3v) is 5.56. The second kappa shape index (κ2) is 5.38. The lowest BCUT2D eigenvalue weighted by Gasteiger charge is -2.50. The number of carbonyl (C=O) groups excluding carboxylic acids is 1. The van der Waals surface area contributed by atoms with Crippen molar-refractivity contribution in [1.29, 1.82) is 0 Å². The SMILES string of the molecule is NC12CCC(C(=O)Nc3ccc(Cl)cc3C(F)(F)F)(CC1)CC2. The molecule has 0 aromatic heterocycles. The third kappa shape index (κ3) is 3.06. The average molecular weight is 347 g/mol. The minimum atomic E-state index is -4.57. The van der Waals surface area contributed by atoms with Crippen LogP contribution in [0.25, 0.3) is 0 Å². The van der Waals surface area contributed by atoms with Gasteiger partial charge in [0.05, 0.1) is 11.3 Å². The maximum atomic E-state index is 13.1. The molecule has 3 fully saturated rings. The van der Waals surface area contributed by atoms with Gasteiger partial charge < -0.3 is 11.1 Å². The zero-order chi connectivity index (χ0) is 16.9. The number of halogens is 4. The largest absolute Gasteiger partial charge is 0.418 e. The molecule has 126 valence electrons. The van der Waals surface area contributed by atoms with Crippen LogP contribution in [0.5, 0.6) is 0 Å². The van der Waals surface area contributed by atoms with Crippen LogP contribution in [0.4, 0.5) is 18.9 Å². The number of fused-ring (bicyclic) bond motifs is 3. The molecular weight excluding hydrogens is 329 g/mol. The molecule has 0 heterocycles. The Hall–Kier alpha value is -1.27. The van der Waals surface area contributed by atoms with E-state index in [4.69, 9.17) is 17.3 Å². The summed E-state index contributed by atoms with van der Waals surface area (Å²) in [5.41, 5.74) is 4.26. The van der Waals surface area contributed by atoms with Gasteiger partial charge in [-0.3, -0.25) is 4.79 Å². The van der Waals surface area contributed by atoms with E-state index < -0.39 is 17.2 Å². The number of nitrogens with two attached hydrogens (primary N) is 1. The predicted octanol–water partition coefficient (Wildman–Crippen LogP) is 4.35. The summed E-state index contributed by atoms with van der Waals surface area (Å²) in [6.07, 6.45) is -0.455. The van der Waals surface area contributed by atoms with Crippen molar-refractivity contribution in [1.82, 2.24) is 0 Å². The lowest BCUT2D eigenvalue weighted by Crippen LogP contribution is -2.55. The number of hydrogen-bond acceptors (Lipinski definition) is 2. The molecule has 1 amide bonds. The highest BCUT2D eigenvalue weighted by Gasteiger charge is 2.51. The van der Waals surface area contributed by atoms with E-state index in [1.165, 1.54) is 12.1 Å². The third-order valence-electron chi connectivity index (χ3n) is 5.32. The lowest BCUT2D eigenvalue weighted by atomic mass is 9.57. The smallest absolute Gasteiger partial charge is 0.325 e. The Bertz CT molecular complexity index is 620. The van der Waals surface area contributed by atoms with Crippen LogP contribution in [-0.4, -0.2) is 11.4 Å². The second-order valence-corrected chi connectivity index (χ2v) is 7.22. The summed E-state index contributed by atoms with van der Waals surface area (Å²) in [5.74, 6) is -0.341. The van der Waals surface area contributed by atoms with Gasteiger partial charge in [-0.2, -0.15) is 13.2 Å². The molecule has 0 radical (unpaired) electrons. The van der Waals surface area contributed by atoms with Crippen LogP contribution in [0.2, 0.25) is 5.02 Å². The lowest BCUT2D eigenvalue weighted by molar-refractivity contribution is -0.137. The number of benzene rings is 1. The molecule has 2 bridgehead atoms. The summed E-state index contributed by atoms with van der Waals surface area (Å²) >= 11 is 5.66. The molecule has 7 heteroatoms. The molecule has 1 aromatic carbocycles. The molecule has 0 atom stereocenters. The first-order valence-electron chi connectivity index (χ1n) is 7.61. The Morgan fingerprint density at radius 1 is 1.13 bits per heavy atom. The van der Waals surface area contributed by atoms with Gasteiger partial charge in [0.2, 0.25) is 5.91 Å². The van der Waals surface area contributed by atoms with E-state index in [0.29, 0.717) is 19.3 Å². The van der Waals surface area contributed by atoms with Gasteiger partial charge in [0.1, 0.15) is 0 Å². The zero-order valence-corrected chi connectivity index (χ0v) is 13.2. The van der Waals surface area contributed by atoms with Gasteiger partial charge in [0, 0.05) is 16.0 Å². The highest BCUT2D eigenvalue weighted by atomic mass is 35.5. The molecule has 4 rings (SSSR count). The van der Waals surface area contributed by atoms with Gasteiger partial charge in [-0.25, -0.2) is 0 Å². The number of nitrogens with one attached hydrogen (secondary N) is 1. The van der Waals surface area contributed by atoms with Crippen LogP contribution >= 0.6 is 11.6 Å². The first-order valence-corrected chi connectivity index (χ1v) is 7.99. The number of amides is 1. The van der Waals surface area contributed by atoms with Crippen molar-refractivity contribution in [3.05, 3.63) is 28.8 Å². The normalized spacial score (nSPS) is 30.3. The van der Waals surface area contributed by atoms with Crippen LogP contribution in [-0.2, 0) is 11.0 Å². The topological polar surface area (TPSA) is 55.1 Å². The fourth-order valence-corrected chi connectivity index (χ4v) is 3.84. The van der Waals surface area contributed by atoms with E-state index in [2.05, 4.69) is 5.32 Å². The quantitative estimate of drug-likeness (QED) is 0.836. The summed E-state index contributed by atoms with van der Waals surface area (Å²) in [5, 5.41) is 2.47. The predicted molar refractivity (Wildman–Crippen MR) is 82.1 cm³/mol. The molecule has 23 heavy (non-hydrogen) atoms. The summed E-state index contributed by atoms with van der Waals surface area (Å²) in [7, 11) is 0. The Balaban J connectivity index is 1.84. The number of rotatable bonds is 2. The molecular formula is C16H18ClF3N2O. The monoisotopic (exact) mass is 346 g/mol. The molecule has 3 saturated carbocycles. The van der Waals surface area contributed by atoms with E-state index in [-0.39, 0.29) is 22.2 Å². The van der Waals surface area contributed by atoms with Crippen LogP contribution in [0.15, 0.2) is 18.2 Å². The molecule has 0 unspecified atom stereocenters. The van der Waals surface area contributed by atoms with Crippen molar-refractivity contribution in [2.45, 2.75) is 50.2 Å². The Labute approximate surface area is 137 Å². The van der Waals surface area contributed by atoms with Gasteiger partial charge in [0.25, 0.3) is 0 Å². The molecule has 3 N–H and O–H groups in total. The van der Waals surface area contributed by atoms with E-state index in [1.807, 2.05) is 0 Å². The molecule has 1 aromatic rings. The van der Waals surface area contributed by atoms with E-state index >= 15 is 0 Å². The van der Waals surface area contributed by atoms with Crippen molar-refractivity contribution in [2.24, 2.45) is 11.1 Å². The van der Waals surface area contributed by atoms with Gasteiger partial charge in [0.15, 0.2) is 0 Å². The van der Waals surface area contributed by atoms with E-state index in [9.17, 15) is 18.0 Å². The summed E-state index contributed by atoms with van der Waals surface area (Å²) in [6.45, 7) is 0. The van der Waals surface area contributed by atoms with Crippen molar-refractivity contribution >= 4 is 23.2 Å². The highest BCUT2D eigenvalue weighted by Crippen LogP contribution is 2.52. The van der Waals surface area contributed by atoms with Crippen LogP contribution < -0.4 is 11.1 Å². The van der Waals surface area contributed by atoms with Crippen LogP contribution in [0, 0.1) is 5.41 Å². The Morgan fingerprint density at radius 3 is 2.22 bits per heavy atom. The number of hydrogen-bond donors (Lipinski definition) is 2. The number of anilines is 1. The zero-order valence-electron chi connectivity index (χ0n) is 12.5. The van der Waals surface area contributed by atoms with Gasteiger partial charge in [-0.1, -0.05) is 11.6 Å². The summed E-state index contributed by atoms with van der Waals surface area (Å²) < 4.78 is 39.4. The van der Waals surface area contributed by atoms with Crippen molar-refractivity contribution in [3.63, 3.8) is 0 Å². The number of carbonyl (C=O) groups is 1. The van der Waals surface area contributed by atoms with E-state index in [0.717, 1.165) is 25.3 Å². The van der Waals surface area contributed by atoms with Crippen molar-refractivity contribution in [3.8, 4) is 0 Å². The molecule has 0 saturated heterocycles. The van der Waals surface area contributed by atoms with Gasteiger partial charge in [-0.15, -0.1) is 0 Å². The minimum absolute atomic E-state index is 0.0169. The average Bonchev–Trinajstić information content (AvgIpc) is 2.49. The first-order chi connectivity index (χ1) is 10.6. The number of alkyl halides is 3. The van der Waals surface area contributed by atoms with Crippen molar-refractivity contribution in [2.75, 3.05) is 5.32 Å². The molecule has 3 aliphatic rings. The molecule has 3 aliphatic carbocycles. The maximum absolute atomic E-state index is 13.1. The summed E-state index contributed by atoms with van der Waals surface area (Å²) in [6, 6.07) is 3.39. The minimum Gasteiger partial charge on any atom is -0.325 e. The van der Waals surface area contributed by atoms with Crippen LogP contribution in [0.1, 0.15) is 44.1 Å². The second-order valence-electron chi connectivity index (χ2n) is 6.78. The fraction of sp³-hybridized carbons (Fsp3) is 0.562. The van der Waals surface area contributed by atoms with Gasteiger partial charge in [-0.05, 0) is 56.7 Å². The molecule has 3 nitrogen and oxygen atoms in total. The maximum Gasteiger partial charge on any atom is 0.418 e. The fourth-order valence-electron chi connectivity index (χ4n) is 3.67. The Morgan fingerprint density at radius 2 is 1.70 bits per heavy atom. The standard InChI is InChI=1S/C16H18ClF3N2O/c17-10-1-2-12(11(9-10)16(18,19)20)22-13(23)14-3-6-15(21,7-4-14)8-5-14/h1-2,9H,3-8,21H2,(H,22,23). The Kier molecular flexibility index (Phi) is 3.88. The molecule has 0 aliphatic heterocycles. The molecule has 0 spiro atoms. The van der Waals surface area contributed by atoms with Crippen molar-refractivity contribution < 1.29 is 18.0 Å². The van der Waals surface area contributed by atoms with E-state index in [1.54, 1.807) is 0 Å². The van der Waals surface area contributed by atoms with Crippen LogP contribution in [0.3, 0.4) is 0 Å². The first kappa shape index (κ1) is 16.6.